The lowest BCUT2D eigenvalue weighted by Crippen LogP contribution is -2.42. The quantitative estimate of drug-likeness (QED) is 0.846. The lowest BCUT2D eigenvalue weighted by Gasteiger charge is -2.33. The van der Waals surface area contributed by atoms with Crippen LogP contribution in [0.3, 0.4) is 0 Å². The van der Waals surface area contributed by atoms with E-state index in [1.54, 1.807) is 11.0 Å². The van der Waals surface area contributed by atoms with Gasteiger partial charge >= 0.3 is 6.09 Å². The number of aromatic nitrogens is 4. The molecular weight excluding hydrogens is 332 g/mol. The van der Waals surface area contributed by atoms with Gasteiger partial charge in [0.25, 0.3) is 0 Å². The Morgan fingerprint density at radius 1 is 1.33 bits per heavy atom. The first-order valence-electron chi connectivity index (χ1n) is 7.89. The number of hydrogen-bond donors (Lipinski definition) is 1. The normalized spacial score (nSPS) is 16.6. The molecule has 1 saturated heterocycles. The fourth-order valence-corrected chi connectivity index (χ4v) is 2.97. The van der Waals surface area contributed by atoms with Crippen LogP contribution in [-0.4, -0.2) is 49.7 Å². The predicted molar refractivity (Wildman–Crippen MR) is 90.8 cm³/mol. The summed E-state index contributed by atoms with van der Waals surface area (Å²) in [5, 5.41) is 12.5. The highest BCUT2D eigenvalue weighted by atomic mass is 35.5. The van der Waals surface area contributed by atoms with E-state index in [1.807, 2.05) is 25.5 Å². The fraction of sp³-hybridized carbons (Fsp3) is 0.600. The molecule has 2 aromatic heterocycles. The summed E-state index contributed by atoms with van der Waals surface area (Å²) >= 11 is 5.94. The molecule has 0 unspecified atom stereocenters. The smallest absolute Gasteiger partial charge is 0.410 e. The second-order valence-corrected chi connectivity index (χ2v) is 7.32. The minimum atomic E-state index is -0.490. The van der Waals surface area contributed by atoms with Crippen LogP contribution in [-0.2, 0) is 4.74 Å². The Labute approximate surface area is 144 Å². The van der Waals surface area contributed by atoms with E-state index in [-0.39, 0.29) is 12.1 Å². The first-order chi connectivity index (χ1) is 11.2. The van der Waals surface area contributed by atoms with Crippen LogP contribution in [0, 0.1) is 0 Å². The molecule has 3 rings (SSSR count). The third-order valence-corrected chi connectivity index (χ3v) is 4.10. The van der Waals surface area contributed by atoms with Crippen LogP contribution in [0.4, 0.5) is 10.6 Å². The van der Waals surface area contributed by atoms with Crippen LogP contribution in [0.15, 0.2) is 6.07 Å². The van der Waals surface area contributed by atoms with Crippen LogP contribution in [0.1, 0.15) is 39.7 Å². The number of fused-ring (bicyclic) bond motifs is 1. The molecule has 8 nitrogen and oxygen atoms in total. The average Bonchev–Trinajstić information content (AvgIpc) is 2.82. The van der Waals surface area contributed by atoms with Crippen LogP contribution >= 0.6 is 11.6 Å². The topological polar surface area (TPSA) is 99.2 Å². The molecule has 130 valence electrons. The predicted octanol–water partition coefficient (Wildman–Crippen LogP) is 2.63. The average molecular weight is 353 g/mol. The summed E-state index contributed by atoms with van der Waals surface area (Å²) in [6, 6.07) is 1.84. The second-order valence-electron chi connectivity index (χ2n) is 6.93. The molecule has 3 heterocycles. The first-order valence-corrected chi connectivity index (χ1v) is 8.27. The van der Waals surface area contributed by atoms with Crippen LogP contribution in [0.5, 0.6) is 0 Å². The van der Waals surface area contributed by atoms with Gasteiger partial charge in [-0.1, -0.05) is 11.6 Å². The Kier molecular flexibility index (Phi) is 4.25. The first kappa shape index (κ1) is 16.8. The van der Waals surface area contributed by atoms with Crippen molar-refractivity contribution in [3.63, 3.8) is 0 Å². The Balaban J connectivity index is 1.73. The van der Waals surface area contributed by atoms with E-state index in [0.717, 1.165) is 18.4 Å². The molecule has 0 spiro atoms. The summed E-state index contributed by atoms with van der Waals surface area (Å²) < 4.78 is 7.26. The van der Waals surface area contributed by atoms with Crippen molar-refractivity contribution in [3.05, 3.63) is 11.2 Å². The van der Waals surface area contributed by atoms with E-state index >= 15 is 0 Å². The number of carbonyl (C=O) groups is 1. The lowest BCUT2D eigenvalue weighted by atomic mass is 10.1. The van der Waals surface area contributed by atoms with E-state index in [1.165, 1.54) is 0 Å². The largest absolute Gasteiger partial charge is 0.444 e. The zero-order chi connectivity index (χ0) is 17.5. The van der Waals surface area contributed by atoms with Crippen LogP contribution in [0.2, 0.25) is 5.15 Å². The highest BCUT2D eigenvalue weighted by Crippen LogP contribution is 2.29. The van der Waals surface area contributed by atoms with Crippen molar-refractivity contribution >= 4 is 34.5 Å². The fourth-order valence-electron chi connectivity index (χ4n) is 2.83. The van der Waals surface area contributed by atoms with Crippen molar-refractivity contribution in [2.75, 3.05) is 18.8 Å². The summed E-state index contributed by atoms with van der Waals surface area (Å²) in [4.78, 5) is 13.9. The van der Waals surface area contributed by atoms with Gasteiger partial charge in [-0.3, -0.25) is 4.68 Å². The number of amides is 1. The SMILES string of the molecule is CC(C)(C)OC(=O)N1CCC(n2nc(N)c3nnc(Cl)cc32)CC1. The van der Waals surface area contributed by atoms with Crippen molar-refractivity contribution in [1.82, 2.24) is 24.9 Å². The molecule has 1 aliphatic rings. The van der Waals surface area contributed by atoms with Gasteiger partial charge in [-0.05, 0) is 33.6 Å². The molecule has 0 bridgehead atoms. The molecule has 1 amide bonds. The third kappa shape index (κ3) is 3.38. The molecule has 1 aliphatic heterocycles. The minimum absolute atomic E-state index is 0.128. The molecule has 1 fully saturated rings. The minimum Gasteiger partial charge on any atom is -0.444 e. The Hall–Kier alpha value is -2.09. The number of hydrogen-bond acceptors (Lipinski definition) is 6. The highest BCUT2D eigenvalue weighted by molar-refractivity contribution is 6.29. The summed E-state index contributed by atoms with van der Waals surface area (Å²) in [5.74, 6) is 0.337. The Morgan fingerprint density at radius 3 is 2.62 bits per heavy atom. The Morgan fingerprint density at radius 2 is 2.00 bits per heavy atom. The van der Waals surface area contributed by atoms with Gasteiger partial charge in [0.2, 0.25) is 0 Å². The summed E-state index contributed by atoms with van der Waals surface area (Å²) in [6.07, 6.45) is 1.24. The molecule has 9 heteroatoms. The van der Waals surface area contributed by atoms with Gasteiger partial charge in [0.1, 0.15) is 5.60 Å². The Bertz CT molecular complexity index is 761. The van der Waals surface area contributed by atoms with Crippen molar-refractivity contribution in [3.8, 4) is 0 Å². The van der Waals surface area contributed by atoms with E-state index < -0.39 is 5.60 Å². The van der Waals surface area contributed by atoms with Crippen molar-refractivity contribution < 1.29 is 9.53 Å². The summed E-state index contributed by atoms with van der Waals surface area (Å²) in [6.45, 7) is 6.80. The monoisotopic (exact) mass is 352 g/mol. The van der Waals surface area contributed by atoms with Gasteiger partial charge in [-0.2, -0.15) is 5.10 Å². The van der Waals surface area contributed by atoms with Gasteiger partial charge in [0, 0.05) is 19.2 Å². The van der Waals surface area contributed by atoms with Gasteiger partial charge < -0.3 is 15.4 Å². The maximum absolute atomic E-state index is 12.1. The highest BCUT2D eigenvalue weighted by Gasteiger charge is 2.29. The number of nitrogen functional groups attached to an aromatic ring is 1. The van der Waals surface area contributed by atoms with E-state index in [2.05, 4.69) is 15.3 Å². The number of carbonyl (C=O) groups excluding carboxylic acids is 1. The molecule has 0 aliphatic carbocycles. The van der Waals surface area contributed by atoms with Gasteiger partial charge in [-0.15, -0.1) is 10.2 Å². The number of ether oxygens (including phenoxy) is 1. The van der Waals surface area contributed by atoms with Gasteiger partial charge in [-0.25, -0.2) is 4.79 Å². The summed E-state index contributed by atoms with van der Waals surface area (Å²) in [7, 11) is 0. The molecule has 0 saturated carbocycles. The van der Waals surface area contributed by atoms with Crippen molar-refractivity contribution in [1.29, 1.82) is 0 Å². The zero-order valence-corrected chi connectivity index (χ0v) is 14.7. The molecular formula is C15H21ClN6O2. The van der Waals surface area contributed by atoms with E-state index in [9.17, 15) is 4.79 Å². The molecule has 0 radical (unpaired) electrons. The number of likely N-dealkylation sites (tertiary alicyclic amines) is 1. The second kappa shape index (κ2) is 6.08. The van der Waals surface area contributed by atoms with Gasteiger partial charge in [0.05, 0.1) is 11.6 Å². The van der Waals surface area contributed by atoms with Crippen LogP contribution in [0.25, 0.3) is 11.0 Å². The van der Waals surface area contributed by atoms with E-state index in [4.69, 9.17) is 22.1 Å². The molecule has 24 heavy (non-hydrogen) atoms. The number of nitrogens with two attached hydrogens (primary N) is 1. The van der Waals surface area contributed by atoms with Crippen LogP contribution < -0.4 is 5.73 Å². The number of anilines is 1. The van der Waals surface area contributed by atoms with Crippen molar-refractivity contribution in [2.45, 2.75) is 45.3 Å². The maximum Gasteiger partial charge on any atom is 0.410 e. The zero-order valence-electron chi connectivity index (χ0n) is 14.0. The maximum atomic E-state index is 12.1. The molecule has 2 N–H and O–H groups in total. The van der Waals surface area contributed by atoms with Crippen molar-refractivity contribution in [2.24, 2.45) is 0 Å². The number of piperidine rings is 1. The summed E-state index contributed by atoms with van der Waals surface area (Å²) in [5.41, 5.74) is 6.74. The van der Waals surface area contributed by atoms with Gasteiger partial charge in [0.15, 0.2) is 16.5 Å². The number of nitrogens with zero attached hydrogens (tertiary/aromatic N) is 5. The number of rotatable bonds is 1. The standard InChI is InChI=1S/C15H21ClN6O2/c1-15(2,3)24-14(23)21-6-4-9(5-7-21)22-10-8-11(16)18-19-12(10)13(17)20-22/h8-9H,4-7H2,1-3H3,(H2,17,20). The molecule has 0 atom stereocenters. The molecule has 0 aromatic carbocycles. The number of halogens is 1. The lowest BCUT2D eigenvalue weighted by molar-refractivity contribution is 0.0186. The third-order valence-electron chi connectivity index (χ3n) is 3.91. The van der Waals surface area contributed by atoms with E-state index in [0.29, 0.717) is 29.6 Å². The molecule has 2 aromatic rings.